The Kier molecular flexibility index (Phi) is 3.31. The first-order valence-corrected chi connectivity index (χ1v) is 6.24. The van der Waals surface area contributed by atoms with E-state index in [1.165, 1.54) is 17.5 Å². The number of likely N-dealkylation sites (N-methyl/N-ethyl adjacent to an activating group) is 1. The molecule has 1 atom stereocenters. The lowest BCUT2D eigenvalue weighted by atomic mass is 9.96. The van der Waals surface area contributed by atoms with Gasteiger partial charge in [-0.2, -0.15) is 0 Å². The molecule has 0 saturated heterocycles. The zero-order valence-corrected chi connectivity index (χ0v) is 10.3. The Balaban J connectivity index is 2.13. The normalized spacial score (nSPS) is 19.4. The summed E-state index contributed by atoms with van der Waals surface area (Å²) in [6, 6.07) is 9.21. The van der Waals surface area contributed by atoms with E-state index in [0.717, 1.165) is 19.3 Å². The third kappa shape index (κ3) is 2.28. The number of nitrogens with two attached hydrogens (primary N) is 1. The summed E-state index contributed by atoms with van der Waals surface area (Å²) in [7, 11) is 2.00. The number of rotatable bonds is 5. The minimum absolute atomic E-state index is 0.00101. The van der Waals surface area contributed by atoms with E-state index in [9.17, 15) is 0 Å². The van der Waals surface area contributed by atoms with Gasteiger partial charge in [0.2, 0.25) is 0 Å². The summed E-state index contributed by atoms with van der Waals surface area (Å²) in [6.07, 6.45) is 4.64. The lowest BCUT2D eigenvalue weighted by molar-refractivity contribution is 0.461. The van der Waals surface area contributed by atoms with E-state index < -0.39 is 0 Å². The van der Waals surface area contributed by atoms with Gasteiger partial charge < -0.3 is 11.1 Å². The van der Waals surface area contributed by atoms with Gasteiger partial charge in [-0.25, -0.2) is 0 Å². The molecule has 1 aromatic rings. The number of benzene rings is 1. The Hall–Kier alpha value is -0.860. The van der Waals surface area contributed by atoms with Gasteiger partial charge >= 0.3 is 0 Å². The molecule has 0 amide bonds. The summed E-state index contributed by atoms with van der Waals surface area (Å²) in [5.41, 5.74) is 9.01. The van der Waals surface area contributed by atoms with Crippen molar-refractivity contribution in [3.63, 3.8) is 0 Å². The van der Waals surface area contributed by atoms with Crippen LogP contribution in [0.25, 0.3) is 0 Å². The van der Waals surface area contributed by atoms with Crippen LogP contribution in [0.2, 0.25) is 0 Å². The van der Waals surface area contributed by atoms with Gasteiger partial charge in [-0.15, -0.1) is 0 Å². The maximum Gasteiger partial charge on any atom is 0.0500 e. The molecule has 3 N–H and O–H groups in total. The number of aryl methyl sites for hydroxylation is 1. The highest BCUT2D eigenvalue weighted by molar-refractivity contribution is 5.29. The lowest BCUT2D eigenvalue weighted by Gasteiger charge is -2.23. The molecular weight excluding hydrogens is 196 g/mol. The molecule has 0 radical (unpaired) electrons. The van der Waals surface area contributed by atoms with Gasteiger partial charge in [0.15, 0.2) is 0 Å². The maximum atomic E-state index is 6.27. The molecule has 88 valence electrons. The van der Waals surface area contributed by atoms with E-state index in [1.54, 1.807) is 0 Å². The van der Waals surface area contributed by atoms with E-state index in [-0.39, 0.29) is 5.54 Å². The van der Waals surface area contributed by atoms with Crippen LogP contribution in [0, 0.1) is 0 Å². The predicted octanol–water partition coefficient (Wildman–Crippen LogP) is 2.39. The molecule has 16 heavy (non-hydrogen) atoms. The minimum atomic E-state index is 0.00101. The van der Waals surface area contributed by atoms with E-state index >= 15 is 0 Å². The first-order valence-electron chi connectivity index (χ1n) is 6.24. The lowest BCUT2D eigenvalue weighted by Crippen LogP contribution is -2.38. The highest BCUT2D eigenvalue weighted by atomic mass is 15.0. The monoisotopic (exact) mass is 218 g/mol. The molecule has 0 aliphatic heterocycles. The second-order valence-electron chi connectivity index (χ2n) is 4.95. The van der Waals surface area contributed by atoms with Crippen LogP contribution in [0.1, 0.15) is 43.4 Å². The van der Waals surface area contributed by atoms with Crippen LogP contribution in [0.15, 0.2) is 24.3 Å². The quantitative estimate of drug-likeness (QED) is 0.796. The van der Waals surface area contributed by atoms with Gasteiger partial charge in [0.05, 0.1) is 6.04 Å². The number of hydrogen-bond donors (Lipinski definition) is 2. The average molecular weight is 218 g/mol. The molecule has 0 spiro atoms. The summed E-state index contributed by atoms with van der Waals surface area (Å²) in [5.74, 6) is 0. The summed E-state index contributed by atoms with van der Waals surface area (Å²) in [5, 5.41) is 3.35. The Morgan fingerprint density at radius 1 is 1.31 bits per heavy atom. The Labute approximate surface area is 98.2 Å². The molecule has 1 aliphatic rings. The predicted molar refractivity (Wildman–Crippen MR) is 68.4 cm³/mol. The summed E-state index contributed by atoms with van der Waals surface area (Å²) < 4.78 is 0. The van der Waals surface area contributed by atoms with Crippen molar-refractivity contribution in [3.05, 3.63) is 35.4 Å². The molecule has 1 unspecified atom stereocenters. The van der Waals surface area contributed by atoms with Gasteiger partial charge in [0.1, 0.15) is 0 Å². The second-order valence-corrected chi connectivity index (χ2v) is 4.95. The molecule has 1 aromatic carbocycles. The van der Waals surface area contributed by atoms with E-state index in [2.05, 4.69) is 36.5 Å². The second kappa shape index (κ2) is 4.56. The summed E-state index contributed by atoms with van der Waals surface area (Å²) in [4.78, 5) is 0. The number of hydrogen-bond acceptors (Lipinski definition) is 2. The molecule has 0 aromatic heterocycles. The van der Waals surface area contributed by atoms with Crippen LogP contribution >= 0.6 is 0 Å². The topological polar surface area (TPSA) is 38.0 Å². The van der Waals surface area contributed by atoms with Crippen LogP contribution < -0.4 is 11.1 Å². The standard InChI is InChI=1S/C14H22N2/c1-3-4-11-5-7-12(8-6-11)13(16-2)14(15)9-10-14/h5-8,13,16H,3-4,9-10,15H2,1-2H3. The Morgan fingerprint density at radius 2 is 1.94 bits per heavy atom. The molecular formula is C14H22N2. The molecule has 0 bridgehead atoms. The molecule has 0 heterocycles. The van der Waals surface area contributed by atoms with Crippen molar-refractivity contribution in [2.24, 2.45) is 5.73 Å². The van der Waals surface area contributed by atoms with Crippen molar-refractivity contribution in [3.8, 4) is 0 Å². The highest BCUT2D eigenvalue weighted by Gasteiger charge is 2.45. The van der Waals surface area contributed by atoms with Crippen LogP contribution in [-0.4, -0.2) is 12.6 Å². The van der Waals surface area contributed by atoms with Crippen LogP contribution in [0.4, 0.5) is 0 Å². The minimum Gasteiger partial charge on any atom is -0.323 e. The molecule has 2 nitrogen and oxygen atoms in total. The fraction of sp³-hybridized carbons (Fsp3) is 0.571. The first kappa shape index (κ1) is 11.6. The van der Waals surface area contributed by atoms with Gasteiger partial charge in [-0.3, -0.25) is 0 Å². The van der Waals surface area contributed by atoms with E-state index in [0.29, 0.717) is 6.04 Å². The van der Waals surface area contributed by atoms with Gasteiger partial charge in [-0.1, -0.05) is 37.6 Å². The molecule has 1 aliphatic carbocycles. The van der Waals surface area contributed by atoms with E-state index in [4.69, 9.17) is 5.73 Å². The molecule has 2 heteroatoms. The van der Waals surface area contributed by atoms with Crippen molar-refractivity contribution < 1.29 is 0 Å². The van der Waals surface area contributed by atoms with Gasteiger partial charge in [0, 0.05) is 5.54 Å². The van der Waals surface area contributed by atoms with E-state index in [1.807, 2.05) is 7.05 Å². The van der Waals surface area contributed by atoms with Crippen LogP contribution in [0.5, 0.6) is 0 Å². The van der Waals surface area contributed by atoms with Crippen LogP contribution in [-0.2, 0) is 6.42 Å². The third-order valence-electron chi connectivity index (χ3n) is 3.54. The largest absolute Gasteiger partial charge is 0.323 e. The molecule has 1 saturated carbocycles. The Bertz CT molecular complexity index is 338. The maximum absolute atomic E-state index is 6.27. The van der Waals surface area contributed by atoms with Gasteiger partial charge in [-0.05, 0) is 37.4 Å². The van der Waals surface area contributed by atoms with Crippen molar-refractivity contribution in [2.75, 3.05) is 7.05 Å². The zero-order valence-electron chi connectivity index (χ0n) is 10.3. The average Bonchev–Trinajstić information content (AvgIpc) is 3.01. The van der Waals surface area contributed by atoms with Crippen LogP contribution in [0.3, 0.4) is 0 Å². The van der Waals surface area contributed by atoms with Crippen molar-refractivity contribution >= 4 is 0 Å². The Morgan fingerprint density at radius 3 is 2.38 bits per heavy atom. The summed E-state index contributed by atoms with van der Waals surface area (Å²) in [6.45, 7) is 2.21. The molecule has 1 fully saturated rings. The smallest absolute Gasteiger partial charge is 0.0500 e. The fourth-order valence-corrected chi connectivity index (χ4v) is 2.38. The van der Waals surface area contributed by atoms with Gasteiger partial charge in [0.25, 0.3) is 0 Å². The fourth-order valence-electron chi connectivity index (χ4n) is 2.38. The van der Waals surface area contributed by atoms with Crippen molar-refractivity contribution in [2.45, 2.75) is 44.2 Å². The summed E-state index contributed by atoms with van der Waals surface area (Å²) >= 11 is 0. The SMILES string of the molecule is CCCc1ccc(C(NC)C2(N)CC2)cc1. The van der Waals surface area contributed by atoms with Crippen molar-refractivity contribution in [1.82, 2.24) is 5.32 Å². The number of nitrogens with one attached hydrogen (secondary N) is 1. The molecule has 2 rings (SSSR count). The zero-order chi connectivity index (χ0) is 11.6. The third-order valence-corrected chi connectivity index (χ3v) is 3.54. The highest BCUT2D eigenvalue weighted by Crippen LogP contribution is 2.43. The first-order chi connectivity index (χ1) is 7.69. The van der Waals surface area contributed by atoms with Crippen molar-refractivity contribution in [1.29, 1.82) is 0 Å².